The van der Waals surface area contributed by atoms with E-state index < -0.39 is 0 Å². The van der Waals surface area contributed by atoms with Crippen molar-refractivity contribution in [1.29, 1.82) is 0 Å². The van der Waals surface area contributed by atoms with Crippen LogP contribution in [0.15, 0.2) is 48.0 Å². The second-order valence-corrected chi connectivity index (χ2v) is 8.40. The number of rotatable bonds is 4. The van der Waals surface area contributed by atoms with Crippen LogP contribution in [0.25, 0.3) is 0 Å². The van der Waals surface area contributed by atoms with Crippen molar-refractivity contribution in [3.05, 3.63) is 74.8 Å². The topological polar surface area (TPSA) is 66.4 Å². The monoisotopic (exact) mass is 442 g/mol. The van der Waals surface area contributed by atoms with Gasteiger partial charge >= 0.3 is 0 Å². The number of aryl methyl sites for hydroxylation is 1. The third-order valence-electron chi connectivity index (χ3n) is 5.14. The first-order valence-electron chi connectivity index (χ1n) is 9.75. The number of halogens is 1. The molecule has 3 aromatic rings. The second-order valence-electron chi connectivity index (χ2n) is 7.08. The molecule has 1 saturated heterocycles. The van der Waals surface area contributed by atoms with E-state index in [9.17, 15) is 9.59 Å². The Bertz CT molecular complexity index is 1090. The van der Waals surface area contributed by atoms with E-state index in [1.165, 1.54) is 11.3 Å². The van der Waals surface area contributed by atoms with Gasteiger partial charge in [0.1, 0.15) is 16.4 Å². The first-order valence-corrected chi connectivity index (χ1v) is 11.0. The molecule has 4 rings (SSSR count). The van der Waals surface area contributed by atoms with E-state index in [1.807, 2.05) is 29.3 Å². The smallest absolute Gasteiger partial charge is 0.265 e. The van der Waals surface area contributed by atoms with Gasteiger partial charge < -0.3 is 9.80 Å². The summed E-state index contributed by atoms with van der Waals surface area (Å²) in [7, 11) is 0. The molecule has 6 nitrogen and oxygen atoms in total. The lowest BCUT2D eigenvalue weighted by atomic mass is 10.1. The summed E-state index contributed by atoms with van der Waals surface area (Å²) in [6, 6.07) is 10.8. The van der Waals surface area contributed by atoms with Crippen LogP contribution in [0.5, 0.6) is 0 Å². The molecule has 1 aliphatic rings. The van der Waals surface area contributed by atoms with Crippen molar-refractivity contribution < 1.29 is 11.0 Å². The Morgan fingerprint density at radius 2 is 1.97 bits per heavy atom. The van der Waals surface area contributed by atoms with Crippen LogP contribution >= 0.6 is 22.9 Å². The number of anilines is 1. The van der Waals surface area contributed by atoms with Gasteiger partial charge in [0, 0.05) is 45.1 Å². The molecule has 0 bridgehead atoms. The Labute approximate surface area is 185 Å². The molecule has 0 aliphatic carbocycles. The number of amides is 1. The Balaban J connectivity index is 0.00000272. The van der Waals surface area contributed by atoms with Gasteiger partial charge in [-0.2, -0.15) is 0 Å². The van der Waals surface area contributed by atoms with Crippen molar-refractivity contribution in [3.63, 3.8) is 0 Å². The van der Waals surface area contributed by atoms with Crippen molar-refractivity contribution in [1.82, 2.24) is 14.9 Å². The van der Waals surface area contributed by atoms with E-state index in [0.29, 0.717) is 46.5 Å². The van der Waals surface area contributed by atoms with Crippen LogP contribution in [-0.2, 0) is 0 Å². The van der Waals surface area contributed by atoms with Gasteiger partial charge in [-0.3, -0.25) is 14.6 Å². The minimum atomic E-state index is -0.138. The van der Waals surface area contributed by atoms with Crippen molar-refractivity contribution >= 4 is 40.4 Å². The van der Waals surface area contributed by atoms with Gasteiger partial charge in [0.15, 0.2) is 0 Å². The van der Waals surface area contributed by atoms with Gasteiger partial charge in [0.2, 0.25) is 5.78 Å². The molecule has 0 radical (unpaired) electrons. The second kappa shape index (κ2) is 8.93. The lowest BCUT2D eigenvalue weighted by Crippen LogP contribution is -2.35. The molecule has 0 atom stereocenters. The van der Waals surface area contributed by atoms with Gasteiger partial charge in [-0.15, -0.1) is 11.3 Å². The first kappa shape index (κ1) is 20.5. The molecule has 4 heterocycles. The minimum Gasteiger partial charge on any atom is -0.355 e. The van der Waals surface area contributed by atoms with E-state index in [4.69, 9.17) is 11.6 Å². The van der Waals surface area contributed by atoms with Crippen LogP contribution < -0.4 is 4.90 Å². The molecular formula is C22H23ClN4O2S. The predicted octanol–water partition coefficient (Wildman–Crippen LogP) is 4.33. The average Bonchev–Trinajstić information content (AvgIpc) is 3.04. The van der Waals surface area contributed by atoms with Crippen LogP contribution in [0.4, 0.5) is 5.82 Å². The normalized spacial score (nSPS) is 14.5. The Kier molecular flexibility index (Phi) is 6.11. The van der Waals surface area contributed by atoms with Crippen LogP contribution in [0.3, 0.4) is 0 Å². The van der Waals surface area contributed by atoms with E-state index in [-0.39, 0.29) is 13.1 Å². The van der Waals surface area contributed by atoms with Gasteiger partial charge in [0.05, 0.1) is 5.02 Å². The highest BCUT2D eigenvalue weighted by Crippen LogP contribution is 2.25. The predicted molar refractivity (Wildman–Crippen MR) is 121 cm³/mol. The van der Waals surface area contributed by atoms with Gasteiger partial charge in [0.25, 0.3) is 5.91 Å². The summed E-state index contributed by atoms with van der Waals surface area (Å²) in [5, 5.41) is 2.33. The van der Waals surface area contributed by atoms with Crippen LogP contribution in [0.2, 0.25) is 5.02 Å². The Hall–Kier alpha value is -2.77. The fourth-order valence-corrected chi connectivity index (χ4v) is 4.63. The molecule has 1 fully saturated rings. The summed E-state index contributed by atoms with van der Waals surface area (Å²) < 4.78 is 0. The average molecular weight is 443 g/mol. The minimum absolute atomic E-state index is 0. The maximum absolute atomic E-state index is 12.9. The molecule has 3 aromatic heterocycles. The van der Waals surface area contributed by atoms with Gasteiger partial charge in [-0.1, -0.05) is 17.7 Å². The summed E-state index contributed by atoms with van der Waals surface area (Å²) in [6.45, 7) is 4.47. The maximum atomic E-state index is 12.9. The van der Waals surface area contributed by atoms with Crippen molar-refractivity contribution in [2.45, 2.75) is 13.3 Å². The highest BCUT2D eigenvalue weighted by Gasteiger charge is 2.24. The number of pyridine rings is 2. The van der Waals surface area contributed by atoms with Crippen molar-refractivity contribution in [3.8, 4) is 0 Å². The standard InChI is InChI=1S/C22H21ClN4O2S.H2/c1-15-16(5-3-9-24-15)20(28)18-6-2-7-19(25-18)26-10-4-11-27(13-12-26)22(29)21-17(23)8-14-30-21;/h2-3,5-9,14H,4,10-13H2,1H3;1H. The van der Waals surface area contributed by atoms with Gasteiger partial charge in [-0.25, -0.2) is 4.98 Å². The SMILES string of the molecule is Cc1ncccc1C(=O)c1cccc(N2CCCN(C(=O)c3sccc3Cl)CC2)n1.[HH]. The zero-order valence-corrected chi connectivity index (χ0v) is 18.1. The molecule has 0 aromatic carbocycles. The molecule has 0 unspecified atom stereocenters. The largest absolute Gasteiger partial charge is 0.355 e. The number of nitrogens with zero attached hydrogens (tertiary/aromatic N) is 4. The third kappa shape index (κ3) is 4.22. The van der Waals surface area contributed by atoms with E-state index in [0.717, 1.165) is 18.8 Å². The van der Waals surface area contributed by atoms with E-state index in [2.05, 4.69) is 14.9 Å². The molecule has 0 saturated carbocycles. The summed E-state index contributed by atoms with van der Waals surface area (Å²) in [5.74, 6) is 0.577. The lowest BCUT2D eigenvalue weighted by molar-refractivity contribution is 0.0772. The molecular weight excluding hydrogens is 420 g/mol. The zero-order chi connectivity index (χ0) is 21.1. The quantitative estimate of drug-likeness (QED) is 0.562. The van der Waals surface area contributed by atoms with E-state index in [1.54, 1.807) is 30.5 Å². The summed E-state index contributed by atoms with van der Waals surface area (Å²) >= 11 is 7.50. The molecule has 1 aliphatic heterocycles. The lowest BCUT2D eigenvalue weighted by Gasteiger charge is -2.23. The number of ketones is 1. The molecule has 0 N–H and O–H groups in total. The highest BCUT2D eigenvalue weighted by atomic mass is 35.5. The first-order chi connectivity index (χ1) is 14.5. The number of aromatic nitrogens is 2. The maximum Gasteiger partial charge on any atom is 0.265 e. The molecule has 0 spiro atoms. The van der Waals surface area contributed by atoms with Crippen LogP contribution in [0, 0.1) is 6.92 Å². The summed E-state index contributed by atoms with van der Waals surface area (Å²) in [4.78, 5) is 39.0. The van der Waals surface area contributed by atoms with E-state index >= 15 is 0 Å². The number of hydrogen-bond donors (Lipinski definition) is 0. The Morgan fingerprint density at radius 3 is 2.73 bits per heavy atom. The number of carbonyl (C=O) groups is 2. The molecule has 8 heteroatoms. The van der Waals surface area contributed by atoms with Crippen LogP contribution in [-0.4, -0.2) is 52.7 Å². The van der Waals surface area contributed by atoms with Crippen molar-refractivity contribution in [2.75, 3.05) is 31.1 Å². The summed E-state index contributed by atoms with van der Waals surface area (Å²) in [6.07, 6.45) is 2.49. The number of carbonyl (C=O) groups excluding carboxylic acids is 2. The van der Waals surface area contributed by atoms with Crippen molar-refractivity contribution in [2.24, 2.45) is 0 Å². The highest BCUT2D eigenvalue weighted by molar-refractivity contribution is 7.12. The fraction of sp³-hybridized carbons (Fsp3) is 0.273. The van der Waals surface area contributed by atoms with Gasteiger partial charge in [-0.05, 0) is 49.1 Å². The summed E-state index contributed by atoms with van der Waals surface area (Å²) in [5.41, 5.74) is 1.64. The number of thiophene rings is 1. The third-order valence-corrected chi connectivity index (χ3v) is 6.47. The Morgan fingerprint density at radius 1 is 1.10 bits per heavy atom. The zero-order valence-electron chi connectivity index (χ0n) is 16.5. The molecule has 156 valence electrons. The van der Waals surface area contributed by atoms with Crippen LogP contribution in [0.1, 0.15) is 39.3 Å². The molecule has 1 amide bonds. The fourth-order valence-electron chi connectivity index (χ4n) is 3.53. The number of hydrogen-bond acceptors (Lipinski definition) is 6. The molecule has 30 heavy (non-hydrogen) atoms.